The number of hydrogen-bond acceptors (Lipinski definition) is 6. The lowest BCUT2D eigenvalue weighted by molar-refractivity contribution is 0.0696. The van der Waals surface area contributed by atoms with Crippen LogP contribution in [0.4, 0.5) is 20.9 Å². The molecule has 0 spiro atoms. The van der Waals surface area contributed by atoms with Crippen molar-refractivity contribution in [2.75, 3.05) is 18.0 Å². The number of azo groups is 1. The van der Waals surface area contributed by atoms with Crippen molar-refractivity contribution >= 4 is 44.0 Å². The van der Waals surface area contributed by atoms with Gasteiger partial charge in [-0.3, -0.25) is 0 Å². The number of thiazole rings is 1. The van der Waals surface area contributed by atoms with Gasteiger partial charge in [0.05, 0.1) is 15.8 Å². The van der Waals surface area contributed by atoms with Crippen molar-refractivity contribution in [2.45, 2.75) is 25.7 Å². The van der Waals surface area contributed by atoms with E-state index in [2.05, 4.69) is 20.1 Å². The van der Waals surface area contributed by atoms with E-state index in [0.717, 1.165) is 55.6 Å². The maximum Gasteiger partial charge on any atom is 0.338 e. The molecule has 0 atom stereocenters. The number of benzene rings is 2. The van der Waals surface area contributed by atoms with Gasteiger partial charge in [0.1, 0.15) is 11.5 Å². The molecule has 6 nitrogen and oxygen atoms in total. The van der Waals surface area contributed by atoms with Crippen LogP contribution in [0.3, 0.4) is 0 Å². The number of aryl methyl sites for hydroxylation is 1. The topological polar surface area (TPSA) is 78.1 Å². The first-order valence-corrected chi connectivity index (χ1v) is 10.1. The second-order valence-electron chi connectivity index (χ2n) is 7.06. The molecule has 0 radical (unpaired) electrons. The maximum atomic E-state index is 13.4. The van der Waals surface area contributed by atoms with Crippen molar-refractivity contribution in [2.24, 2.45) is 10.2 Å². The lowest BCUT2D eigenvalue weighted by Crippen LogP contribution is -2.35. The molecule has 0 unspecified atom stereocenters. The third-order valence-corrected chi connectivity index (χ3v) is 6.20. The van der Waals surface area contributed by atoms with E-state index in [1.807, 2.05) is 6.07 Å². The summed E-state index contributed by atoms with van der Waals surface area (Å²) in [6.07, 6.45) is 3.65. The smallest absolute Gasteiger partial charge is 0.338 e. The Kier molecular flexibility index (Phi) is 4.08. The van der Waals surface area contributed by atoms with Crippen LogP contribution in [0.5, 0.6) is 0 Å². The highest BCUT2D eigenvalue weighted by Gasteiger charge is 2.30. The minimum Gasteiger partial charge on any atom is -0.478 e. The fourth-order valence-electron chi connectivity index (χ4n) is 4.19. The van der Waals surface area contributed by atoms with Gasteiger partial charge in [0.25, 0.3) is 0 Å². The molecule has 3 heterocycles. The molecule has 142 valence electrons. The van der Waals surface area contributed by atoms with Crippen molar-refractivity contribution in [3.63, 3.8) is 0 Å². The maximum absolute atomic E-state index is 13.4. The standard InChI is InChI=1S/C20H17FN4O2S/c21-12-5-6-14-16(10-12)28-20(22-14)24-23-15-9-11-3-1-7-25-8-2-4-13(18(11)25)17(15)19(26)27/h5-6,9-10H,1-4,7-8H2,(H,26,27). The summed E-state index contributed by atoms with van der Waals surface area (Å²) < 4.78 is 14.1. The summed E-state index contributed by atoms with van der Waals surface area (Å²) in [5.74, 6) is -1.31. The molecule has 5 rings (SSSR count). The second kappa shape index (κ2) is 6.63. The van der Waals surface area contributed by atoms with Crippen LogP contribution in [0.25, 0.3) is 10.2 Å². The van der Waals surface area contributed by atoms with Gasteiger partial charge >= 0.3 is 5.97 Å². The summed E-state index contributed by atoms with van der Waals surface area (Å²) in [7, 11) is 0. The van der Waals surface area contributed by atoms with Crippen molar-refractivity contribution in [3.8, 4) is 0 Å². The highest BCUT2D eigenvalue weighted by molar-refractivity contribution is 7.21. The summed E-state index contributed by atoms with van der Waals surface area (Å²) in [6, 6.07) is 6.22. The van der Waals surface area contributed by atoms with Gasteiger partial charge in [0.15, 0.2) is 0 Å². The number of carbonyl (C=O) groups is 1. The first-order valence-electron chi connectivity index (χ1n) is 9.25. The van der Waals surface area contributed by atoms with Gasteiger partial charge in [0, 0.05) is 18.8 Å². The number of carboxylic acids is 1. The van der Waals surface area contributed by atoms with Crippen LogP contribution < -0.4 is 4.90 Å². The monoisotopic (exact) mass is 396 g/mol. The highest BCUT2D eigenvalue weighted by atomic mass is 32.1. The second-order valence-corrected chi connectivity index (χ2v) is 8.07. The fourth-order valence-corrected chi connectivity index (χ4v) is 5.00. The minimum atomic E-state index is -0.981. The predicted octanol–water partition coefficient (Wildman–Crippen LogP) is 5.25. The van der Waals surface area contributed by atoms with Crippen LogP contribution in [0.1, 0.15) is 34.3 Å². The molecule has 1 aromatic heterocycles. The lowest BCUT2D eigenvalue weighted by atomic mass is 9.87. The van der Waals surface area contributed by atoms with Crippen LogP contribution in [-0.4, -0.2) is 29.1 Å². The molecule has 0 aliphatic carbocycles. The number of carboxylic acid groups (broad SMARTS) is 1. The number of halogens is 1. The van der Waals surface area contributed by atoms with E-state index >= 15 is 0 Å². The Balaban J connectivity index is 1.60. The van der Waals surface area contributed by atoms with Crippen molar-refractivity contribution in [1.82, 2.24) is 4.98 Å². The van der Waals surface area contributed by atoms with E-state index in [1.54, 1.807) is 6.07 Å². The Labute approximate surface area is 164 Å². The van der Waals surface area contributed by atoms with Gasteiger partial charge in [-0.1, -0.05) is 11.3 Å². The Hall–Kier alpha value is -2.87. The molecule has 2 aromatic carbocycles. The van der Waals surface area contributed by atoms with Crippen LogP contribution in [0, 0.1) is 5.82 Å². The fraction of sp³-hybridized carbons (Fsp3) is 0.300. The molecule has 2 aliphatic heterocycles. The molecule has 2 aliphatic rings. The molecule has 1 N–H and O–H groups in total. The van der Waals surface area contributed by atoms with Gasteiger partial charge in [-0.2, -0.15) is 0 Å². The molecule has 0 bridgehead atoms. The Bertz CT molecular complexity index is 1140. The van der Waals surface area contributed by atoms with E-state index in [0.29, 0.717) is 21.0 Å². The SMILES string of the molecule is O=C(O)c1c(N=Nc2nc3ccc(F)cc3s2)cc2c3c1CCCN3CCC2. The van der Waals surface area contributed by atoms with Gasteiger partial charge < -0.3 is 10.0 Å². The molecule has 0 fully saturated rings. The molecular formula is C20H17FN4O2S. The van der Waals surface area contributed by atoms with Gasteiger partial charge in [-0.25, -0.2) is 14.2 Å². The lowest BCUT2D eigenvalue weighted by Gasteiger charge is -2.37. The molecule has 28 heavy (non-hydrogen) atoms. The average molecular weight is 396 g/mol. The van der Waals surface area contributed by atoms with Crippen LogP contribution in [-0.2, 0) is 12.8 Å². The average Bonchev–Trinajstić information content (AvgIpc) is 3.08. The zero-order chi connectivity index (χ0) is 19.3. The molecule has 8 heteroatoms. The largest absolute Gasteiger partial charge is 0.478 e. The molecule has 0 saturated carbocycles. The van der Waals surface area contributed by atoms with E-state index in [-0.39, 0.29) is 11.4 Å². The zero-order valence-electron chi connectivity index (χ0n) is 15.0. The number of anilines is 1. The Morgan fingerprint density at radius 3 is 2.82 bits per heavy atom. The Morgan fingerprint density at radius 1 is 1.18 bits per heavy atom. The third kappa shape index (κ3) is 2.84. The quantitative estimate of drug-likeness (QED) is 0.614. The minimum absolute atomic E-state index is 0.237. The number of fused-ring (bicyclic) bond motifs is 1. The van der Waals surface area contributed by atoms with E-state index < -0.39 is 5.97 Å². The molecule has 0 amide bonds. The van der Waals surface area contributed by atoms with Gasteiger partial charge in [-0.05, 0) is 61.1 Å². The number of hydrogen-bond donors (Lipinski definition) is 1. The van der Waals surface area contributed by atoms with Crippen molar-refractivity contribution in [1.29, 1.82) is 0 Å². The van der Waals surface area contributed by atoms with Crippen LogP contribution in [0.2, 0.25) is 0 Å². The summed E-state index contributed by atoms with van der Waals surface area (Å²) >= 11 is 1.23. The van der Waals surface area contributed by atoms with E-state index in [4.69, 9.17) is 0 Å². The first-order chi connectivity index (χ1) is 13.6. The van der Waals surface area contributed by atoms with Gasteiger partial charge in [-0.15, -0.1) is 10.2 Å². The van der Waals surface area contributed by atoms with Crippen molar-refractivity contribution in [3.05, 3.63) is 46.8 Å². The van der Waals surface area contributed by atoms with Crippen LogP contribution >= 0.6 is 11.3 Å². The zero-order valence-corrected chi connectivity index (χ0v) is 15.8. The normalized spacial score (nSPS) is 16.0. The molecule has 3 aromatic rings. The summed E-state index contributed by atoms with van der Waals surface area (Å²) in [6.45, 7) is 1.95. The molecular weight excluding hydrogens is 379 g/mol. The van der Waals surface area contributed by atoms with Crippen molar-refractivity contribution < 1.29 is 14.3 Å². The first kappa shape index (κ1) is 17.2. The Morgan fingerprint density at radius 2 is 2.00 bits per heavy atom. The summed E-state index contributed by atoms with van der Waals surface area (Å²) in [4.78, 5) is 18.7. The summed E-state index contributed by atoms with van der Waals surface area (Å²) in [5, 5.41) is 18.7. The third-order valence-electron chi connectivity index (χ3n) is 5.30. The number of nitrogens with zero attached hydrogens (tertiary/aromatic N) is 4. The van der Waals surface area contributed by atoms with Gasteiger partial charge in [0.2, 0.25) is 5.13 Å². The number of rotatable bonds is 3. The number of aromatic nitrogens is 1. The van der Waals surface area contributed by atoms with E-state index in [9.17, 15) is 14.3 Å². The molecule has 0 saturated heterocycles. The van der Waals surface area contributed by atoms with Crippen LogP contribution in [0.15, 0.2) is 34.5 Å². The summed E-state index contributed by atoms with van der Waals surface area (Å²) in [5.41, 5.74) is 4.36. The highest BCUT2D eigenvalue weighted by Crippen LogP contribution is 2.42. The van der Waals surface area contributed by atoms with E-state index in [1.165, 1.54) is 23.5 Å². The predicted molar refractivity (Wildman–Crippen MR) is 106 cm³/mol. The number of aromatic carboxylic acids is 1.